The van der Waals surface area contributed by atoms with Crippen LogP contribution in [0.25, 0.3) is 11.2 Å². The minimum absolute atomic E-state index is 0.220. The van der Waals surface area contributed by atoms with Gasteiger partial charge in [0.05, 0.1) is 12.2 Å². The maximum absolute atomic E-state index is 11.0. The van der Waals surface area contributed by atoms with E-state index >= 15 is 0 Å². The van der Waals surface area contributed by atoms with E-state index in [4.69, 9.17) is 10.8 Å². The van der Waals surface area contributed by atoms with Gasteiger partial charge in [-0.3, -0.25) is 4.79 Å². The van der Waals surface area contributed by atoms with Crippen molar-refractivity contribution in [3.05, 3.63) is 12.2 Å². The van der Waals surface area contributed by atoms with E-state index < -0.39 is 5.97 Å². The molecular formula is C13H17N5O2. The Morgan fingerprint density at radius 2 is 2.05 bits per heavy atom. The summed E-state index contributed by atoms with van der Waals surface area (Å²) in [5, 5.41) is 9.04. The molecule has 2 aromatic heterocycles. The van der Waals surface area contributed by atoms with Crippen LogP contribution in [0.5, 0.6) is 0 Å². The first kappa shape index (κ1) is 12.8. The number of aromatic nitrogens is 4. The maximum Gasteiger partial charge on any atom is 0.306 e. The van der Waals surface area contributed by atoms with Crippen LogP contribution in [0.3, 0.4) is 0 Å². The van der Waals surface area contributed by atoms with E-state index in [1.54, 1.807) is 13.3 Å². The van der Waals surface area contributed by atoms with Crippen LogP contribution in [0.1, 0.15) is 37.5 Å². The van der Waals surface area contributed by atoms with Crippen molar-refractivity contribution in [3.8, 4) is 0 Å². The monoisotopic (exact) mass is 275 g/mol. The summed E-state index contributed by atoms with van der Waals surface area (Å²) in [4.78, 5) is 23.8. The van der Waals surface area contributed by atoms with Gasteiger partial charge >= 0.3 is 5.97 Å². The standard InChI is InChI=1S/C13H17N5O2/c1-7-16-11(14)10-12(17-7)18(6-15-10)9-4-2-8(3-5-9)13(19)20/h6,8-9H,2-5H2,1H3,(H,19,20)(H2,14,16,17). The largest absolute Gasteiger partial charge is 0.481 e. The zero-order chi connectivity index (χ0) is 14.3. The molecule has 1 saturated carbocycles. The molecule has 3 rings (SSSR count). The number of imidazole rings is 1. The predicted octanol–water partition coefficient (Wildman–Crippen LogP) is 1.53. The van der Waals surface area contributed by atoms with E-state index in [1.807, 2.05) is 4.57 Å². The number of carboxylic acid groups (broad SMARTS) is 1. The van der Waals surface area contributed by atoms with Gasteiger partial charge in [0.15, 0.2) is 11.5 Å². The summed E-state index contributed by atoms with van der Waals surface area (Å²) in [5.41, 5.74) is 7.22. The third-order valence-corrected chi connectivity index (χ3v) is 4.00. The molecule has 1 aliphatic rings. The Balaban J connectivity index is 1.90. The maximum atomic E-state index is 11.0. The third-order valence-electron chi connectivity index (χ3n) is 4.00. The zero-order valence-electron chi connectivity index (χ0n) is 11.3. The summed E-state index contributed by atoms with van der Waals surface area (Å²) in [6, 6.07) is 0.240. The van der Waals surface area contributed by atoms with Crippen molar-refractivity contribution in [1.82, 2.24) is 19.5 Å². The van der Waals surface area contributed by atoms with E-state index in [-0.39, 0.29) is 12.0 Å². The second kappa shape index (κ2) is 4.73. The highest BCUT2D eigenvalue weighted by Crippen LogP contribution is 2.34. The van der Waals surface area contributed by atoms with Crippen molar-refractivity contribution in [2.45, 2.75) is 38.6 Å². The van der Waals surface area contributed by atoms with Gasteiger partial charge in [0.2, 0.25) is 0 Å². The molecule has 0 saturated heterocycles. The van der Waals surface area contributed by atoms with E-state index in [2.05, 4.69) is 15.0 Å². The summed E-state index contributed by atoms with van der Waals surface area (Å²) >= 11 is 0. The van der Waals surface area contributed by atoms with Gasteiger partial charge in [-0.2, -0.15) is 0 Å². The first-order valence-corrected chi connectivity index (χ1v) is 6.75. The van der Waals surface area contributed by atoms with Crippen LogP contribution in [-0.4, -0.2) is 30.6 Å². The van der Waals surface area contributed by atoms with Gasteiger partial charge in [0.25, 0.3) is 0 Å². The van der Waals surface area contributed by atoms with Gasteiger partial charge in [-0.05, 0) is 32.6 Å². The van der Waals surface area contributed by atoms with Crippen molar-refractivity contribution < 1.29 is 9.90 Å². The molecule has 1 fully saturated rings. The number of fused-ring (bicyclic) bond motifs is 1. The molecule has 20 heavy (non-hydrogen) atoms. The number of anilines is 1. The first-order chi connectivity index (χ1) is 9.56. The molecule has 106 valence electrons. The minimum atomic E-state index is -0.693. The number of hydrogen-bond acceptors (Lipinski definition) is 5. The van der Waals surface area contributed by atoms with Crippen molar-refractivity contribution in [3.63, 3.8) is 0 Å². The Morgan fingerprint density at radius 1 is 1.35 bits per heavy atom. The number of carbonyl (C=O) groups is 1. The Hall–Kier alpha value is -2.18. The molecule has 0 spiro atoms. The summed E-state index contributed by atoms with van der Waals surface area (Å²) in [5.74, 6) is 0.102. The SMILES string of the molecule is Cc1nc(N)c2ncn(C3CCC(C(=O)O)CC3)c2n1. The number of rotatable bonds is 2. The Kier molecular flexibility index (Phi) is 3.04. The van der Waals surface area contributed by atoms with E-state index in [1.165, 1.54) is 0 Å². The summed E-state index contributed by atoms with van der Waals surface area (Å²) in [7, 11) is 0. The van der Waals surface area contributed by atoms with Gasteiger partial charge in [0, 0.05) is 6.04 Å². The lowest BCUT2D eigenvalue weighted by Crippen LogP contribution is -2.23. The second-order valence-electron chi connectivity index (χ2n) is 5.32. The smallest absolute Gasteiger partial charge is 0.306 e. The zero-order valence-corrected chi connectivity index (χ0v) is 11.3. The molecule has 0 bridgehead atoms. The second-order valence-corrected chi connectivity index (χ2v) is 5.32. The Labute approximate surface area is 115 Å². The molecule has 3 N–H and O–H groups in total. The quantitative estimate of drug-likeness (QED) is 0.860. The van der Waals surface area contributed by atoms with Crippen LogP contribution in [0.4, 0.5) is 5.82 Å². The van der Waals surface area contributed by atoms with Crippen LogP contribution in [0, 0.1) is 12.8 Å². The van der Waals surface area contributed by atoms with Gasteiger partial charge in [-0.25, -0.2) is 15.0 Å². The number of aliphatic carboxylic acids is 1. The number of aryl methyl sites for hydroxylation is 1. The van der Waals surface area contributed by atoms with Gasteiger partial charge in [-0.1, -0.05) is 0 Å². The molecule has 7 nitrogen and oxygen atoms in total. The highest BCUT2D eigenvalue weighted by Gasteiger charge is 2.28. The molecule has 0 aliphatic heterocycles. The topological polar surface area (TPSA) is 107 Å². The number of nitrogens with two attached hydrogens (primary N) is 1. The highest BCUT2D eigenvalue weighted by atomic mass is 16.4. The van der Waals surface area contributed by atoms with Crippen molar-refractivity contribution >= 4 is 23.0 Å². The number of carboxylic acids is 1. The molecule has 1 aliphatic carbocycles. The van der Waals surface area contributed by atoms with Crippen molar-refractivity contribution in [1.29, 1.82) is 0 Å². The number of hydrogen-bond donors (Lipinski definition) is 2. The Morgan fingerprint density at radius 3 is 2.70 bits per heavy atom. The average molecular weight is 275 g/mol. The molecule has 7 heteroatoms. The molecule has 0 radical (unpaired) electrons. The lowest BCUT2D eigenvalue weighted by Gasteiger charge is -2.27. The van der Waals surface area contributed by atoms with Crippen LogP contribution in [0.2, 0.25) is 0 Å². The fourth-order valence-corrected chi connectivity index (χ4v) is 2.92. The highest BCUT2D eigenvalue weighted by molar-refractivity contribution is 5.81. The van der Waals surface area contributed by atoms with Crippen molar-refractivity contribution in [2.75, 3.05) is 5.73 Å². The molecule has 0 aromatic carbocycles. The summed E-state index contributed by atoms with van der Waals surface area (Å²) in [6.45, 7) is 1.80. The predicted molar refractivity (Wildman–Crippen MR) is 73.1 cm³/mol. The van der Waals surface area contributed by atoms with Crippen LogP contribution >= 0.6 is 0 Å². The van der Waals surface area contributed by atoms with E-state index in [0.717, 1.165) is 18.5 Å². The van der Waals surface area contributed by atoms with Gasteiger partial charge in [0.1, 0.15) is 11.3 Å². The lowest BCUT2D eigenvalue weighted by molar-refractivity contribution is -0.143. The third kappa shape index (κ3) is 2.09. The fraction of sp³-hybridized carbons (Fsp3) is 0.538. The number of nitrogen functional groups attached to an aromatic ring is 1. The van der Waals surface area contributed by atoms with Crippen molar-refractivity contribution in [2.24, 2.45) is 5.92 Å². The summed E-state index contributed by atoms with van der Waals surface area (Å²) in [6.07, 6.45) is 4.77. The van der Waals surface area contributed by atoms with E-state index in [9.17, 15) is 4.79 Å². The summed E-state index contributed by atoms with van der Waals surface area (Å²) < 4.78 is 2.01. The molecule has 0 unspecified atom stereocenters. The first-order valence-electron chi connectivity index (χ1n) is 6.75. The molecule has 2 heterocycles. The number of nitrogens with zero attached hydrogens (tertiary/aromatic N) is 4. The normalized spacial score (nSPS) is 23.1. The van der Waals surface area contributed by atoms with E-state index in [0.29, 0.717) is 30.0 Å². The lowest BCUT2D eigenvalue weighted by atomic mass is 9.86. The molecule has 0 atom stereocenters. The average Bonchev–Trinajstić information content (AvgIpc) is 2.82. The minimum Gasteiger partial charge on any atom is -0.481 e. The molecule has 2 aromatic rings. The molecular weight excluding hydrogens is 258 g/mol. The Bertz CT molecular complexity index is 658. The van der Waals surface area contributed by atoms with Gasteiger partial charge in [-0.15, -0.1) is 0 Å². The molecule has 0 amide bonds. The van der Waals surface area contributed by atoms with Crippen LogP contribution in [-0.2, 0) is 4.79 Å². The fourth-order valence-electron chi connectivity index (χ4n) is 2.92. The van der Waals surface area contributed by atoms with Gasteiger partial charge < -0.3 is 15.4 Å². The van der Waals surface area contributed by atoms with Crippen LogP contribution < -0.4 is 5.73 Å². The van der Waals surface area contributed by atoms with Crippen LogP contribution in [0.15, 0.2) is 6.33 Å².